The number of thiazole rings is 1. The SMILES string of the molecule is CCC(=O)C[C@H](CNC(=O)C1CCCCC1)Cc1nc2ccc(C(C)C)cc2s1. The molecule has 1 aliphatic carbocycles. The lowest BCUT2D eigenvalue weighted by Crippen LogP contribution is -2.36. The Kier molecular flexibility index (Phi) is 7.82. The number of nitrogens with one attached hydrogen (secondary N) is 1. The molecule has 1 amide bonds. The summed E-state index contributed by atoms with van der Waals surface area (Å²) in [4.78, 5) is 29.5. The summed E-state index contributed by atoms with van der Waals surface area (Å²) in [6, 6.07) is 6.49. The van der Waals surface area contributed by atoms with E-state index in [1.165, 1.54) is 16.7 Å². The van der Waals surface area contributed by atoms with E-state index in [1.807, 2.05) is 6.92 Å². The Morgan fingerprint density at radius 3 is 2.66 bits per heavy atom. The van der Waals surface area contributed by atoms with Crippen molar-refractivity contribution >= 4 is 33.2 Å². The van der Waals surface area contributed by atoms with E-state index in [9.17, 15) is 9.59 Å². The van der Waals surface area contributed by atoms with Gasteiger partial charge in [-0.05, 0) is 42.4 Å². The molecule has 29 heavy (non-hydrogen) atoms. The Morgan fingerprint density at radius 1 is 1.21 bits per heavy atom. The fourth-order valence-electron chi connectivity index (χ4n) is 4.12. The molecule has 5 heteroatoms. The van der Waals surface area contributed by atoms with Crippen molar-refractivity contribution in [2.24, 2.45) is 11.8 Å². The van der Waals surface area contributed by atoms with Gasteiger partial charge >= 0.3 is 0 Å². The molecule has 0 aliphatic heterocycles. The molecular weight excluding hydrogens is 380 g/mol. The molecule has 0 bridgehead atoms. The number of amides is 1. The maximum Gasteiger partial charge on any atom is 0.223 e. The third kappa shape index (κ3) is 6.11. The molecule has 0 radical (unpaired) electrons. The van der Waals surface area contributed by atoms with E-state index in [1.54, 1.807) is 11.3 Å². The van der Waals surface area contributed by atoms with E-state index in [0.717, 1.165) is 42.6 Å². The summed E-state index contributed by atoms with van der Waals surface area (Å²) in [7, 11) is 0. The number of nitrogens with zero attached hydrogens (tertiary/aromatic N) is 1. The van der Waals surface area contributed by atoms with Gasteiger partial charge in [0.15, 0.2) is 0 Å². The summed E-state index contributed by atoms with van der Waals surface area (Å²) in [6.07, 6.45) is 7.35. The standard InChI is InChI=1S/C24H34N2O2S/c1-4-20(27)12-17(15-25-24(28)18-8-6-5-7-9-18)13-23-26-21-11-10-19(16(2)3)14-22(21)29-23/h10-11,14,16-18H,4-9,12-13,15H2,1-3H3,(H,25,28)/t17-/m0/s1. The van der Waals surface area contributed by atoms with E-state index in [4.69, 9.17) is 4.98 Å². The quantitative estimate of drug-likeness (QED) is 0.577. The molecule has 158 valence electrons. The third-order valence-electron chi connectivity index (χ3n) is 6.04. The summed E-state index contributed by atoms with van der Waals surface area (Å²) in [5, 5.41) is 4.20. The zero-order valence-electron chi connectivity index (χ0n) is 18.0. The normalized spacial score (nSPS) is 16.3. The number of benzene rings is 1. The summed E-state index contributed by atoms with van der Waals surface area (Å²) < 4.78 is 1.21. The topological polar surface area (TPSA) is 59.1 Å². The van der Waals surface area contributed by atoms with Gasteiger partial charge in [0.1, 0.15) is 5.78 Å². The van der Waals surface area contributed by atoms with Crippen molar-refractivity contribution in [2.45, 2.75) is 78.1 Å². The summed E-state index contributed by atoms with van der Waals surface area (Å²) >= 11 is 1.72. The van der Waals surface area contributed by atoms with Gasteiger partial charge in [-0.15, -0.1) is 11.3 Å². The highest BCUT2D eigenvalue weighted by molar-refractivity contribution is 7.18. The second-order valence-corrected chi connectivity index (χ2v) is 9.85. The van der Waals surface area contributed by atoms with Crippen molar-refractivity contribution in [2.75, 3.05) is 6.54 Å². The molecular formula is C24H34N2O2S. The van der Waals surface area contributed by atoms with Crippen LogP contribution in [0.4, 0.5) is 0 Å². The minimum absolute atomic E-state index is 0.111. The zero-order chi connectivity index (χ0) is 20.8. The Hall–Kier alpha value is -1.75. The van der Waals surface area contributed by atoms with Crippen LogP contribution in [0.25, 0.3) is 10.2 Å². The van der Waals surface area contributed by atoms with Gasteiger partial charge in [-0.1, -0.05) is 46.1 Å². The van der Waals surface area contributed by atoms with Crippen LogP contribution in [0.5, 0.6) is 0 Å². The van der Waals surface area contributed by atoms with E-state index < -0.39 is 0 Å². The highest BCUT2D eigenvalue weighted by Gasteiger charge is 2.23. The summed E-state index contributed by atoms with van der Waals surface area (Å²) in [6.45, 7) is 6.87. The Bertz CT molecular complexity index is 837. The maximum atomic E-state index is 12.5. The highest BCUT2D eigenvalue weighted by atomic mass is 32.1. The second kappa shape index (κ2) is 10.3. The van der Waals surface area contributed by atoms with Crippen molar-refractivity contribution in [3.63, 3.8) is 0 Å². The smallest absolute Gasteiger partial charge is 0.223 e. The van der Waals surface area contributed by atoms with E-state index in [0.29, 0.717) is 25.3 Å². The first-order valence-corrected chi connectivity index (χ1v) is 12.0. The molecule has 1 aliphatic rings. The van der Waals surface area contributed by atoms with Gasteiger partial charge in [0.05, 0.1) is 15.2 Å². The maximum absolute atomic E-state index is 12.5. The molecule has 1 atom stereocenters. The lowest BCUT2D eigenvalue weighted by Gasteiger charge is -2.22. The third-order valence-corrected chi connectivity index (χ3v) is 7.08. The van der Waals surface area contributed by atoms with Crippen LogP contribution in [0.3, 0.4) is 0 Å². The fourth-order valence-corrected chi connectivity index (χ4v) is 5.25. The molecule has 1 heterocycles. The molecule has 1 aromatic heterocycles. The van der Waals surface area contributed by atoms with Crippen molar-refractivity contribution in [3.05, 3.63) is 28.8 Å². The first kappa shape index (κ1) is 21.9. The number of rotatable bonds is 9. The molecule has 2 aromatic rings. The van der Waals surface area contributed by atoms with E-state index in [-0.39, 0.29) is 23.5 Å². The number of Topliss-reactive ketones (excluding diaryl/α,β-unsaturated/α-hetero) is 1. The minimum Gasteiger partial charge on any atom is -0.356 e. The predicted molar refractivity (Wildman–Crippen MR) is 120 cm³/mol. The zero-order valence-corrected chi connectivity index (χ0v) is 18.8. The van der Waals surface area contributed by atoms with Crippen molar-refractivity contribution in [3.8, 4) is 0 Å². The largest absolute Gasteiger partial charge is 0.356 e. The fraction of sp³-hybridized carbons (Fsp3) is 0.625. The van der Waals surface area contributed by atoms with Crippen LogP contribution in [-0.2, 0) is 16.0 Å². The number of aromatic nitrogens is 1. The summed E-state index contributed by atoms with van der Waals surface area (Å²) in [5.74, 6) is 1.19. The number of carbonyl (C=O) groups excluding carboxylic acids is 2. The molecule has 4 nitrogen and oxygen atoms in total. The molecule has 0 saturated heterocycles. The van der Waals surface area contributed by atoms with Gasteiger partial charge < -0.3 is 5.32 Å². The molecule has 1 N–H and O–H groups in total. The van der Waals surface area contributed by atoms with E-state index in [2.05, 4.69) is 37.4 Å². The van der Waals surface area contributed by atoms with Crippen LogP contribution >= 0.6 is 11.3 Å². The molecule has 1 aromatic carbocycles. The van der Waals surface area contributed by atoms with Gasteiger partial charge in [0, 0.05) is 31.7 Å². The number of hydrogen-bond donors (Lipinski definition) is 1. The van der Waals surface area contributed by atoms with E-state index >= 15 is 0 Å². The first-order valence-electron chi connectivity index (χ1n) is 11.1. The highest BCUT2D eigenvalue weighted by Crippen LogP contribution is 2.28. The molecule has 0 spiro atoms. The minimum atomic E-state index is 0.111. The van der Waals surface area contributed by atoms with Crippen molar-refractivity contribution in [1.29, 1.82) is 0 Å². The van der Waals surface area contributed by atoms with Crippen LogP contribution in [0.1, 0.15) is 82.2 Å². The molecule has 1 saturated carbocycles. The first-order chi connectivity index (χ1) is 14.0. The van der Waals surface area contributed by atoms with Crippen molar-refractivity contribution in [1.82, 2.24) is 10.3 Å². The summed E-state index contributed by atoms with van der Waals surface area (Å²) in [5.41, 5.74) is 2.35. The van der Waals surface area contributed by atoms with Crippen LogP contribution in [0.2, 0.25) is 0 Å². The van der Waals surface area contributed by atoms with Gasteiger partial charge in [-0.3, -0.25) is 9.59 Å². The lowest BCUT2D eigenvalue weighted by molar-refractivity contribution is -0.126. The number of carbonyl (C=O) groups is 2. The Balaban J connectivity index is 1.67. The Morgan fingerprint density at radius 2 is 1.97 bits per heavy atom. The van der Waals surface area contributed by atoms with Crippen LogP contribution in [-0.4, -0.2) is 23.2 Å². The Labute approximate surface area is 178 Å². The van der Waals surface area contributed by atoms with Gasteiger partial charge in [-0.2, -0.15) is 0 Å². The monoisotopic (exact) mass is 414 g/mol. The second-order valence-electron chi connectivity index (χ2n) is 8.74. The van der Waals surface area contributed by atoms with Crippen molar-refractivity contribution < 1.29 is 9.59 Å². The van der Waals surface area contributed by atoms with Crippen LogP contribution in [0, 0.1) is 11.8 Å². The van der Waals surface area contributed by atoms with Crippen LogP contribution in [0.15, 0.2) is 18.2 Å². The van der Waals surface area contributed by atoms with Gasteiger partial charge in [0.2, 0.25) is 5.91 Å². The van der Waals surface area contributed by atoms with Gasteiger partial charge in [0.25, 0.3) is 0 Å². The lowest BCUT2D eigenvalue weighted by atomic mass is 9.88. The number of ketones is 1. The predicted octanol–water partition coefficient (Wildman–Crippen LogP) is 5.64. The average molecular weight is 415 g/mol. The van der Waals surface area contributed by atoms with Gasteiger partial charge in [-0.25, -0.2) is 4.98 Å². The number of fused-ring (bicyclic) bond motifs is 1. The molecule has 1 fully saturated rings. The molecule has 0 unspecified atom stereocenters. The molecule has 3 rings (SSSR count). The number of hydrogen-bond acceptors (Lipinski definition) is 4. The average Bonchev–Trinajstić information content (AvgIpc) is 3.13. The van der Waals surface area contributed by atoms with Crippen LogP contribution < -0.4 is 5.32 Å².